The first-order valence-electron chi connectivity index (χ1n) is 9.45. The summed E-state index contributed by atoms with van der Waals surface area (Å²) in [6.07, 6.45) is 0. The molecule has 5 rings (SSSR count). The lowest BCUT2D eigenvalue weighted by atomic mass is 9.95. The number of ether oxygens (including phenoxy) is 2. The van der Waals surface area contributed by atoms with Gasteiger partial charge in [0.25, 0.3) is 5.91 Å². The summed E-state index contributed by atoms with van der Waals surface area (Å²) in [6, 6.07) is 19.4. The molecule has 0 saturated heterocycles. The number of carbonyl (C=O) groups excluding carboxylic acids is 2. The minimum absolute atomic E-state index is 0.0981. The topological polar surface area (TPSA) is 67.9 Å². The second-order valence-corrected chi connectivity index (χ2v) is 7.53. The Bertz CT molecular complexity index is 1150. The Labute approximate surface area is 178 Å². The molecule has 1 unspecified atom stereocenters. The van der Waals surface area contributed by atoms with E-state index >= 15 is 0 Å². The van der Waals surface area contributed by atoms with Crippen molar-refractivity contribution in [1.82, 2.24) is 4.90 Å². The van der Waals surface area contributed by atoms with Crippen molar-refractivity contribution in [3.63, 3.8) is 0 Å². The molecule has 3 aromatic carbocycles. The number of fused-ring (bicyclic) bond motifs is 2. The number of halogens is 1. The molecule has 2 aliphatic rings. The number of hydrogen-bond acceptors (Lipinski definition) is 4. The Morgan fingerprint density at radius 3 is 2.63 bits per heavy atom. The van der Waals surface area contributed by atoms with Crippen molar-refractivity contribution in [3.8, 4) is 11.5 Å². The predicted molar refractivity (Wildman–Crippen MR) is 112 cm³/mol. The molecule has 0 aliphatic carbocycles. The van der Waals surface area contributed by atoms with Crippen LogP contribution in [0.25, 0.3) is 0 Å². The van der Waals surface area contributed by atoms with E-state index in [4.69, 9.17) is 21.1 Å². The van der Waals surface area contributed by atoms with Crippen molar-refractivity contribution in [3.05, 3.63) is 88.4 Å². The molecule has 0 spiro atoms. The number of hydrogen-bond donors (Lipinski definition) is 1. The fourth-order valence-electron chi connectivity index (χ4n) is 3.86. The van der Waals surface area contributed by atoms with Gasteiger partial charge in [0.05, 0.1) is 6.04 Å². The van der Waals surface area contributed by atoms with E-state index in [0.717, 1.165) is 11.1 Å². The van der Waals surface area contributed by atoms with E-state index in [1.54, 1.807) is 41.3 Å². The first-order valence-corrected chi connectivity index (χ1v) is 9.83. The summed E-state index contributed by atoms with van der Waals surface area (Å²) in [5, 5.41) is 3.42. The summed E-state index contributed by atoms with van der Waals surface area (Å²) in [7, 11) is 0. The van der Waals surface area contributed by atoms with Crippen LogP contribution in [-0.2, 0) is 4.79 Å². The largest absolute Gasteiger partial charge is 0.454 e. The average molecular weight is 421 g/mol. The van der Waals surface area contributed by atoms with Crippen LogP contribution in [0.3, 0.4) is 0 Å². The molecular formula is C23H17ClN2O4. The fraction of sp³-hybridized carbons (Fsp3) is 0.130. The highest BCUT2D eigenvalue weighted by Crippen LogP contribution is 2.39. The Hall–Kier alpha value is -3.51. The molecule has 2 amide bonds. The number of rotatable bonds is 2. The van der Waals surface area contributed by atoms with Crippen molar-refractivity contribution in [2.24, 2.45) is 0 Å². The number of nitrogens with one attached hydrogen (secondary N) is 1. The molecule has 0 bridgehead atoms. The van der Waals surface area contributed by atoms with E-state index in [2.05, 4.69) is 5.32 Å². The second kappa shape index (κ2) is 7.39. The number of carbonyl (C=O) groups is 2. The molecular weight excluding hydrogens is 404 g/mol. The van der Waals surface area contributed by atoms with E-state index in [1.165, 1.54) is 0 Å². The maximum absolute atomic E-state index is 13.6. The van der Waals surface area contributed by atoms with Gasteiger partial charge in [-0.3, -0.25) is 9.59 Å². The summed E-state index contributed by atoms with van der Waals surface area (Å²) in [5.74, 6) is 0.549. The lowest BCUT2D eigenvalue weighted by Gasteiger charge is -2.30. The van der Waals surface area contributed by atoms with E-state index in [1.807, 2.05) is 30.3 Å². The molecule has 30 heavy (non-hydrogen) atoms. The van der Waals surface area contributed by atoms with Crippen LogP contribution in [0, 0.1) is 0 Å². The van der Waals surface area contributed by atoms with Gasteiger partial charge in [-0.25, -0.2) is 0 Å². The van der Waals surface area contributed by atoms with Crippen LogP contribution in [0.4, 0.5) is 5.69 Å². The average Bonchev–Trinajstić information content (AvgIpc) is 3.17. The number of anilines is 1. The van der Waals surface area contributed by atoms with Crippen molar-refractivity contribution < 1.29 is 19.1 Å². The van der Waals surface area contributed by atoms with Gasteiger partial charge in [-0.15, -0.1) is 0 Å². The fourth-order valence-corrected chi connectivity index (χ4v) is 4.04. The van der Waals surface area contributed by atoms with E-state index in [9.17, 15) is 9.59 Å². The van der Waals surface area contributed by atoms with E-state index in [0.29, 0.717) is 27.8 Å². The van der Waals surface area contributed by atoms with E-state index in [-0.39, 0.29) is 25.2 Å². The molecule has 6 nitrogen and oxygen atoms in total. The molecule has 150 valence electrons. The molecule has 0 aromatic heterocycles. The predicted octanol–water partition coefficient (Wildman–Crippen LogP) is 4.25. The van der Waals surface area contributed by atoms with Gasteiger partial charge in [0.15, 0.2) is 11.5 Å². The highest BCUT2D eigenvalue weighted by Gasteiger charge is 2.34. The third-order valence-corrected chi connectivity index (χ3v) is 5.44. The molecule has 2 heterocycles. The monoisotopic (exact) mass is 420 g/mol. The van der Waals surface area contributed by atoms with Gasteiger partial charge in [0, 0.05) is 21.8 Å². The number of amides is 2. The SMILES string of the molecule is O=C1CN(C(=O)c2ccc3c(c2)OCO3)C(c2ccccc2)c2cc(Cl)ccc2N1. The van der Waals surface area contributed by atoms with Crippen molar-refractivity contribution in [2.45, 2.75) is 6.04 Å². The number of benzene rings is 3. The highest BCUT2D eigenvalue weighted by molar-refractivity contribution is 6.30. The summed E-state index contributed by atoms with van der Waals surface area (Å²) in [5.41, 5.74) is 2.69. The molecule has 7 heteroatoms. The summed E-state index contributed by atoms with van der Waals surface area (Å²) in [4.78, 5) is 27.8. The minimum atomic E-state index is -0.489. The van der Waals surface area contributed by atoms with Crippen LogP contribution in [0.15, 0.2) is 66.7 Å². The highest BCUT2D eigenvalue weighted by atomic mass is 35.5. The third-order valence-electron chi connectivity index (χ3n) is 5.20. The lowest BCUT2D eigenvalue weighted by molar-refractivity contribution is -0.117. The molecule has 1 atom stereocenters. The van der Waals surface area contributed by atoms with Gasteiger partial charge in [0.1, 0.15) is 6.54 Å². The van der Waals surface area contributed by atoms with Crippen LogP contribution < -0.4 is 14.8 Å². The van der Waals surface area contributed by atoms with Crippen molar-refractivity contribution in [2.75, 3.05) is 18.7 Å². The van der Waals surface area contributed by atoms with Crippen LogP contribution >= 0.6 is 11.6 Å². The Kier molecular flexibility index (Phi) is 4.56. The zero-order valence-corrected chi connectivity index (χ0v) is 16.6. The Morgan fingerprint density at radius 1 is 1.00 bits per heavy atom. The van der Waals surface area contributed by atoms with Gasteiger partial charge in [-0.1, -0.05) is 41.9 Å². The standard InChI is InChI=1S/C23H17ClN2O4/c24-16-7-8-18-17(11-16)22(14-4-2-1-3-5-14)26(12-21(27)25-18)23(28)15-6-9-19-20(10-15)30-13-29-19/h1-11,22H,12-13H2,(H,25,27). The summed E-state index contributed by atoms with van der Waals surface area (Å²) < 4.78 is 10.8. The molecule has 0 saturated carbocycles. The quantitative estimate of drug-likeness (QED) is 0.673. The zero-order valence-electron chi connectivity index (χ0n) is 15.8. The lowest BCUT2D eigenvalue weighted by Crippen LogP contribution is -2.39. The van der Waals surface area contributed by atoms with Gasteiger partial charge in [0.2, 0.25) is 12.7 Å². The van der Waals surface area contributed by atoms with E-state index < -0.39 is 6.04 Å². The second-order valence-electron chi connectivity index (χ2n) is 7.09. The van der Waals surface area contributed by atoms with Crippen molar-refractivity contribution in [1.29, 1.82) is 0 Å². The molecule has 3 aromatic rings. The van der Waals surface area contributed by atoms with Gasteiger partial charge in [-0.2, -0.15) is 0 Å². The smallest absolute Gasteiger partial charge is 0.255 e. The first kappa shape index (κ1) is 18.5. The Balaban J connectivity index is 1.64. The maximum Gasteiger partial charge on any atom is 0.255 e. The maximum atomic E-state index is 13.6. The first-order chi connectivity index (χ1) is 14.6. The van der Waals surface area contributed by atoms with Crippen LogP contribution in [0.5, 0.6) is 11.5 Å². The van der Waals surface area contributed by atoms with Gasteiger partial charge >= 0.3 is 0 Å². The summed E-state index contributed by atoms with van der Waals surface area (Å²) >= 11 is 6.28. The third kappa shape index (κ3) is 3.25. The molecule has 2 aliphatic heterocycles. The number of nitrogens with zero attached hydrogens (tertiary/aromatic N) is 1. The van der Waals surface area contributed by atoms with Crippen LogP contribution in [-0.4, -0.2) is 30.1 Å². The normalized spacial score (nSPS) is 17.2. The molecule has 0 fully saturated rings. The minimum Gasteiger partial charge on any atom is -0.454 e. The van der Waals surface area contributed by atoms with Gasteiger partial charge < -0.3 is 19.7 Å². The van der Waals surface area contributed by atoms with Gasteiger partial charge in [-0.05, 0) is 42.0 Å². The molecule has 1 N–H and O–H groups in total. The summed E-state index contributed by atoms with van der Waals surface area (Å²) in [6.45, 7) is 0.0246. The van der Waals surface area contributed by atoms with Crippen molar-refractivity contribution >= 4 is 29.1 Å². The van der Waals surface area contributed by atoms with Crippen LogP contribution in [0.1, 0.15) is 27.5 Å². The Morgan fingerprint density at radius 2 is 1.80 bits per heavy atom. The molecule has 0 radical (unpaired) electrons. The van der Waals surface area contributed by atoms with Crippen LogP contribution in [0.2, 0.25) is 5.02 Å². The zero-order chi connectivity index (χ0) is 20.7.